The van der Waals surface area contributed by atoms with Gasteiger partial charge in [0.15, 0.2) is 0 Å². The van der Waals surface area contributed by atoms with Crippen LogP contribution in [-0.2, 0) is 9.84 Å². The highest BCUT2D eigenvalue weighted by Crippen LogP contribution is 2.32. The van der Waals surface area contributed by atoms with E-state index in [1.165, 1.54) is 41.1 Å². The molecule has 1 heterocycles. The highest BCUT2D eigenvalue weighted by molar-refractivity contribution is 7.91. The van der Waals surface area contributed by atoms with Crippen LogP contribution in [0.3, 0.4) is 0 Å². The van der Waals surface area contributed by atoms with Crippen molar-refractivity contribution >= 4 is 27.4 Å². The predicted octanol–water partition coefficient (Wildman–Crippen LogP) is 4.12. The molecule has 0 atom stereocenters. The molecule has 0 unspecified atom stereocenters. The van der Waals surface area contributed by atoms with Crippen molar-refractivity contribution in [2.24, 2.45) is 0 Å². The topological polar surface area (TPSA) is 102 Å². The molecule has 4 rings (SSSR count). The molecule has 0 bridgehead atoms. The zero-order valence-corrected chi connectivity index (χ0v) is 16.9. The minimum atomic E-state index is -3.99. The first-order valence-electron chi connectivity index (χ1n) is 8.73. The number of rotatable bonds is 5. The van der Waals surface area contributed by atoms with Gasteiger partial charge in [-0.3, -0.25) is 0 Å². The summed E-state index contributed by atoms with van der Waals surface area (Å²) in [7, 11) is -3.99. The van der Waals surface area contributed by atoms with E-state index in [4.69, 9.17) is 16.7 Å². The lowest BCUT2D eigenvalue weighted by Gasteiger charge is -2.09. The van der Waals surface area contributed by atoms with Crippen LogP contribution in [-0.4, -0.2) is 34.5 Å². The van der Waals surface area contributed by atoms with Crippen molar-refractivity contribution in [3.8, 4) is 16.9 Å². The number of carboxylic acids is 1. The van der Waals surface area contributed by atoms with Gasteiger partial charge in [-0.15, -0.1) is 5.10 Å². The summed E-state index contributed by atoms with van der Waals surface area (Å²) < 4.78 is 28.0. The smallest absolute Gasteiger partial charge is 0.335 e. The molecule has 0 radical (unpaired) electrons. The van der Waals surface area contributed by atoms with Crippen molar-refractivity contribution < 1.29 is 18.3 Å². The molecule has 0 aliphatic carbocycles. The van der Waals surface area contributed by atoms with Crippen molar-refractivity contribution in [3.63, 3.8) is 0 Å². The molecule has 0 spiro atoms. The molecule has 0 aliphatic rings. The van der Waals surface area contributed by atoms with E-state index >= 15 is 0 Å². The van der Waals surface area contributed by atoms with Gasteiger partial charge in [-0.2, -0.15) is 0 Å². The van der Waals surface area contributed by atoms with Crippen molar-refractivity contribution in [2.45, 2.75) is 9.92 Å². The minimum absolute atomic E-state index is 0.0392. The molecule has 150 valence electrons. The summed E-state index contributed by atoms with van der Waals surface area (Å²) in [6.07, 6.45) is 0. The number of aromatic carboxylic acids is 1. The van der Waals surface area contributed by atoms with Crippen molar-refractivity contribution in [3.05, 3.63) is 89.4 Å². The first kappa shape index (κ1) is 19.8. The number of halogens is 1. The number of hydrogen-bond donors (Lipinski definition) is 1. The van der Waals surface area contributed by atoms with Crippen LogP contribution in [0.4, 0.5) is 0 Å². The van der Waals surface area contributed by atoms with E-state index < -0.39 is 15.8 Å². The Morgan fingerprint density at radius 2 is 1.53 bits per heavy atom. The number of benzene rings is 3. The largest absolute Gasteiger partial charge is 0.478 e. The molecular weight excluding hydrogens is 426 g/mol. The summed E-state index contributed by atoms with van der Waals surface area (Å²) in [5, 5.41) is 17.4. The van der Waals surface area contributed by atoms with E-state index in [0.717, 1.165) is 0 Å². The minimum Gasteiger partial charge on any atom is -0.478 e. The van der Waals surface area contributed by atoms with Gasteiger partial charge in [0, 0.05) is 10.6 Å². The Balaban J connectivity index is 1.92. The fourth-order valence-electron chi connectivity index (χ4n) is 2.94. The Hall–Kier alpha value is -3.49. The highest BCUT2D eigenvalue weighted by atomic mass is 35.5. The Morgan fingerprint density at radius 1 is 0.900 bits per heavy atom. The lowest BCUT2D eigenvalue weighted by molar-refractivity contribution is 0.0697. The van der Waals surface area contributed by atoms with Gasteiger partial charge in [-0.1, -0.05) is 47.1 Å². The summed E-state index contributed by atoms with van der Waals surface area (Å²) in [6.45, 7) is 0. The Morgan fingerprint density at radius 3 is 2.13 bits per heavy atom. The van der Waals surface area contributed by atoms with Gasteiger partial charge in [0.1, 0.15) is 5.69 Å². The normalized spacial score (nSPS) is 11.4. The van der Waals surface area contributed by atoms with Gasteiger partial charge in [0.25, 0.3) is 0 Å². The molecule has 7 nitrogen and oxygen atoms in total. The van der Waals surface area contributed by atoms with Crippen molar-refractivity contribution in [2.75, 3.05) is 0 Å². The van der Waals surface area contributed by atoms with Gasteiger partial charge in [-0.05, 0) is 48.5 Å². The fraction of sp³-hybridized carbons (Fsp3) is 0. The number of hydrogen-bond acceptors (Lipinski definition) is 5. The quantitative estimate of drug-likeness (QED) is 0.501. The van der Waals surface area contributed by atoms with Gasteiger partial charge in [0.05, 0.1) is 16.1 Å². The first-order valence-corrected chi connectivity index (χ1v) is 10.6. The maximum atomic E-state index is 13.3. The molecular formula is C21H14ClN3O4S. The first-order chi connectivity index (χ1) is 14.4. The maximum absolute atomic E-state index is 13.3. The number of aromatic nitrogens is 3. The third-order valence-electron chi connectivity index (χ3n) is 4.42. The summed E-state index contributed by atoms with van der Waals surface area (Å²) in [4.78, 5) is 11.2. The molecule has 0 amide bonds. The third kappa shape index (κ3) is 3.58. The number of carbonyl (C=O) groups is 1. The van der Waals surface area contributed by atoms with Gasteiger partial charge < -0.3 is 5.11 Å². The van der Waals surface area contributed by atoms with E-state index in [1.807, 2.05) is 6.07 Å². The third-order valence-corrected chi connectivity index (χ3v) is 6.35. The fourth-order valence-corrected chi connectivity index (χ4v) is 4.39. The van der Waals surface area contributed by atoms with Crippen molar-refractivity contribution in [1.82, 2.24) is 15.0 Å². The average Bonchev–Trinajstić information content (AvgIpc) is 3.21. The Kier molecular flexibility index (Phi) is 5.11. The van der Waals surface area contributed by atoms with Crippen LogP contribution in [0.1, 0.15) is 10.4 Å². The Labute approximate surface area is 177 Å². The van der Waals surface area contributed by atoms with Crippen LogP contribution in [0, 0.1) is 0 Å². The molecule has 0 fully saturated rings. The predicted molar refractivity (Wildman–Crippen MR) is 111 cm³/mol. The van der Waals surface area contributed by atoms with Crippen LogP contribution in [0.5, 0.6) is 0 Å². The van der Waals surface area contributed by atoms with Gasteiger partial charge in [-0.25, -0.2) is 17.9 Å². The summed E-state index contributed by atoms with van der Waals surface area (Å²) in [5.41, 5.74) is 1.45. The zero-order valence-electron chi connectivity index (χ0n) is 15.3. The second-order valence-corrected chi connectivity index (χ2v) is 8.63. The number of nitrogens with zero attached hydrogens (tertiary/aromatic N) is 3. The highest BCUT2D eigenvalue weighted by Gasteiger charge is 2.29. The lowest BCUT2D eigenvalue weighted by Crippen LogP contribution is -2.06. The molecule has 1 N–H and O–H groups in total. The van der Waals surface area contributed by atoms with Crippen LogP contribution in [0.25, 0.3) is 16.9 Å². The molecule has 3 aromatic carbocycles. The lowest BCUT2D eigenvalue weighted by atomic mass is 10.1. The van der Waals surface area contributed by atoms with E-state index in [1.54, 1.807) is 36.4 Å². The van der Waals surface area contributed by atoms with E-state index in [2.05, 4.69) is 10.3 Å². The molecule has 0 saturated carbocycles. The molecule has 0 aliphatic heterocycles. The molecule has 0 saturated heterocycles. The molecule has 30 heavy (non-hydrogen) atoms. The van der Waals surface area contributed by atoms with E-state index in [-0.39, 0.29) is 21.2 Å². The summed E-state index contributed by atoms with van der Waals surface area (Å²) in [5.74, 6) is -1.06. The summed E-state index contributed by atoms with van der Waals surface area (Å²) >= 11 is 5.89. The van der Waals surface area contributed by atoms with E-state index in [9.17, 15) is 13.2 Å². The van der Waals surface area contributed by atoms with Crippen LogP contribution >= 0.6 is 11.6 Å². The van der Waals surface area contributed by atoms with E-state index in [0.29, 0.717) is 16.3 Å². The molecule has 1 aromatic heterocycles. The second-order valence-electron chi connectivity index (χ2n) is 6.33. The second kappa shape index (κ2) is 7.74. The SMILES string of the molecule is O=C(O)c1ccc(-n2nnc(S(=O)(=O)c3ccc(Cl)cc3)c2-c2ccccc2)cc1. The Bertz CT molecular complexity index is 1320. The monoisotopic (exact) mass is 439 g/mol. The van der Waals surface area contributed by atoms with Gasteiger partial charge >= 0.3 is 5.97 Å². The van der Waals surface area contributed by atoms with Crippen LogP contribution in [0.2, 0.25) is 5.02 Å². The molecule has 4 aromatic rings. The van der Waals surface area contributed by atoms with Crippen LogP contribution < -0.4 is 0 Å². The van der Waals surface area contributed by atoms with Crippen molar-refractivity contribution in [1.29, 1.82) is 0 Å². The number of carboxylic acid groups (broad SMARTS) is 1. The number of sulfone groups is 1. The average molecular weight is 440 g/mol. The van der Waals surface area contributed by atoms with Crippen LogP contribution in [0.15, 0.2) is 88.8 Å². The maximum Gasteiger partial charge on any atom is 0.335 e. The molecule has 9 heteroatoms. The standard InChI is InChI=1S/C21H14ClN3O4S/c22-16-8-12-18(13-9-16)30(28,29)20-19(14-4-2-1-3-5-14)25(24-23-20)17-10-6-15(7-11-17)21(26)27/h1-13H,(H,26,27). The summed E-state index contributed by atoms with van der Waals surface area (Å²) in [6, 6.07) is 20.6. The zero-order chi connectivity index (χ0) is 21.3. The van der Waals surface area contributed by atoms with Gasteiger partial charge in [0.2, 0.25) is 14.9 Å².